The second-order valence-electron chi connectivity index (χ2n) is 5.47. The van der Waals surface area contributed by atoms with E-state index in [2.05, 4.69) is 26.2 Å². The van der Waals surface area contributed by atoms with E-state index in [0.717, 1.165) is 21.3 Å². The van der Waals surface area contributed by atoms with Gasteiger partial charge in [0.15, 0.2) is 10.7 Å². The van der Waals surface area contributed by atoms with Gasteiger partial charge in [-0.3, -0.25) is 0 Å². The van der Waals surface area contributed by atoms with Crippen LogP contribution in [0.25, 0.3) is 22.2 Å². The Balaban J connectivity index is 1.71. The summed E-state index contributed by atoms with van der Waals surface area (Å²) in [4.78, 5) is 16.9. The van der Waals surface area contributed by atoms with Crippen LogP contribution in [0, 0.1) is 0 Å². The van der Waals surface area contributed by atoms with Crippen LogP contribution >= 0.6 is 27.3 Å². The first-order valence-electron chi connectivity index (χ1n) is 7.74. The lowest BCUT2D eigenvalue weighted by Crippen LogP contribution is -2.03. The molecule has 2 heterocycles. The molecule has 7 heteroatoms. The average molecular weight is 429 g/mol. The number of fused-ring (bicyclic) bond motifs is 1. The SMILES string of the molecule is COc1ccccc1Nc1nc(-c2cc3cccc(Br)c3oc2=O)cs1. The number of hydrogen-bond acceptors (Lipinski definition) is 6. The Bertz CT molecular complexity index is 1150. The van der Waals surface area contributed by atoms with Gasteiger partial charge in [0.05, 0.1) is 28.5 Å². The van der Waals surface area contributed by atoms with E-state index < -0.39 is 5.63 Å². The van der Waals surface area contributed by atoms with Crippen molar-refractivity contribution in [3.8, 4) is 17.0 Å². The van der Waals surface area contributed by atoms with Gasteiger partial charge in [0.25, 0.3) is 0 Å². The van der Waals surface area contributed by atoms with E-state index in [4.69, 9.17) is 9.15 Å². The highest BCUT2D eigenvalue weighted by molar-refractivity contribution is 9.10. The van der Waals surface area contributed by atoms with Crippen molar-refractivity contribution in [2.45, 2.75) is 0 Å². The summed E-state index contributed by atoms with van der Waals surface area (Å²) in [6, 6.07) is 15.0. The number of anilines is 2. The minimum atomic E-state index is -0.418. The molecule has 0 aliphatic heterocycles. The number of nitrogens with one attached hydrogen (secondary N) is 1. The maximum atomic E-state index is 12.4. The zero-order valence-electron chi connectivity index (χ0n) is 13.7. The van der Waals surface area contributed by atoms with Crippen molar-refractivity contribution in [3.63, 3.8) is 0 Å². The molecule has 2 aromatic carbocycles. The molecular formula is C19H13BrN2O3S. The minimum Gasteiger partial charge on any atom is -0.495 e. The fourth-order valence-corrected chi connectivity index (χ4v) is 3.79. The van der Waals surface area contributed by atoms with Crippen LogP contribution in [0.15, 0.2) is 67.6 Å². The fourth-order valence-electron chi connectivity index (χ4n) is 2.61. The van der Waals surface area contributed by atoms with Gasteiger partial charge in [0.2, 0.25) is 0 Å². The van der Waals surface area contributed by atoms with E-state index in [1.54, 1.807) is 13.2 Å². The first-order valence-corrected chi connectivity index (χ1v) is 9.41. The van der Waals surface area contributed by atoms with Crippen molar-refractivity contribution in [1.29, 1.82) is 0 Å². The zero-order valence-corrected chi connectivity index (χ0v) is 16.1. The molecule has 26 heavy (non-hydrogen) atoms. The molecule has 0 radical (unpaired) electrons. The molecule has 130 valence electrons. The van der Waals surface area contributed by atoms with Gasteiger partial charge in [0.1, 0.15) is 5.75 Å². The van der Waals surface area contributed by atoms with Crippen LogP contribution < -0.4 is 15.7 Å². The number of nitrogens with zero attached hydrogens (tertiary/aromatic N) is 1. The summed E-state index contributed by atoms with van der Waals surface area (Å²) in [6.45, 7) is 0. The number of benzene rings is 2. The Morgan fingerprint density at radius 2 is 2.04 bits per heavy atom. The Labute approximate surface area is 161 Å². The maximum Gasteiger partial charge on any atom is 0.345 e. The summed E-state index contributed by atoms with van der Waals surface area (Å²) in [5.74, 6) is 0.722. The van der Waals surface area contributed by atoms with Gasteiger partial charge in [-0.2, -0.15) is 0 Å². The summed E-state index contributed by atoms with van der Waals surface area (Å²) in [6.07, 6.45) is 0. The molecule has 0 saturated carbocycles. The highest BCUT2D eigenvalue weighted by Gasteiger charge is 2.13. The Hall–Kier alpha value is -2.64. The lowest BCUT2D eigenvalue weighted by Gasteiger charge is -2.08. The van der Waals surface area contributed by atoms with Crippen molar-refractivity contribution in [1.82, 2.24) is 4.98 Å². The molecule has 0 atom stereocenters. The zero-order chi connectivity index (χ0) is 18.1. The Morgan fingerprint density at radius 1 is 1.19 bits per heavy atom. The van der Waals surface area contributed by atoms with E-state index in [1.165, 1.54) is 11.3 Å². The summed E-state index contributed by atoms with van der Waals surface area (Å²) < 4.78 is 11.5. The summed E-state index contributed by atoms with van der Waals surface area (Å²) in [5, 5.41) is 6.55. The van der Waals surface area contributed by atoms with E-state index in [9.17, 15) is 4.79 Å². The number of halogens is 1. The minimum absolute atomic E-state index is 0.418. The van der Waals surface area contributed by atoms with E-state index in [0.29, 0.717) is 22.0 Å². The predicted octanol–water partition coefficient (Wildman–Crippen LogP) is 5.43. The number of aromatic nitrogens is 1. The standard InChI is InChI=1S/C19H13BrN2O3S/c1-24-16-8-3-2-7-14(16)21-19-22-15(10-26-19)12-9-11-5-4-6-13(20)17(11)25-18(12)23/h2-10H,1H3,(H,21,22). The van der Waals surface area contributed by atoms with Crippen molar-refractivity contribution < 1.29 is 9.15 Å². The van der Waals surface area contributed by atoms with Crippen molar-refractivity contribution in [3.05, 3.63) is 68.8 Å². The van der Waals surface area contributed by atoms with E-state index in [-0.39, 0.29) is 0 Å². The van der Waals surface area contributed by atoms with Gasteiger partial charge in [-0.05, 0) is 40.2 Å². The molecule has 2 aromatic heterocycles. The molecule has 4 aromatic rings. The molecule has 0 saturated heterocycles. The highest BCUT2D eigenvalue weighted by Crippen LogP contribution is 2.31. The molecule has 0 unspecified atom stereocenters. The van der Waals surface area contributed by atoms with Gasteiger partial charge in [-0.1, -0.05) is 24.3 Å². The molecule has 0 bridgehead atoms. The molecule has 0 amide bonds. The van der Waals surface area contributed by atoms with Crippen LogP contribution in [0.5, 0.6) is 5.75 Å². The number of para-hydroxylation sites is 3. The van der Waals surface area contributed by atoms with Crippen LogP contribution in [0.1, 0.15) is 0 Å². The van der Waals surface area contributed by atoms with E-state index >= 15 is 0 Å². The first-order chi connectivity index (χ1) is 12.7. The second-order valence-corrected chi connectivity index (χ2v) is 7.18. The molecule has 5 nitrogen and oxygen atoms in total. The van der Waals surface area contributed by atoms with Gasteiger partial charge in [0, 0.05) is 10.8 Å². The third-order valence-electron chi connectivity index (χ3n) is 3.84. The lowest BCUT2D eigenvalue weighted by atomic mass is 10.1. The second kappa shape index (κ2) is 6.93. The number of thiazole rings is 1. The van der Waals surface area contributed by atoms with Gasteiger partial charge in [-0.15, -0.1) is 11.3 Å². The smallest absolute Gasteiger partial charge is 0.345 e. The predicted molar refractivity (Wildman–Crippen MR) is 108 cm³/mol. The van der Waals surface area contributed by atoms with Crippen LogP contribution in [-0.4, -0.2) is 12.1 Å². The molecule has 0 spiro atoms. The van der Waals surface area contributed by atoms with Crippen molar-refractivity contribution >= 4 is 49.1 Å². The number of ether oxygens (including phenoxy) is 1. The molecule has 1 N–H and O–H groups in total. The van der Waals surface area contributed by atoms with Crippen LogP contribution in [0.2, 0.25) is 0 Å². The number of hydrogen-bond donors (Lipinski definition) is 1. The number of methoxy groups -OCH3 is 1. The Kier molecular flexibility index (Phi) is 4.48. The lowest BCUT2D eigenvalue weighted by molar-refractivity contribution is 0.417. The molecule has 0 aliphatic carbocycles. The van der Waals surface area contributed by atoms with Gasteiger partial charge < -0.3 is 14.5 Å². The maximum absolute atomic E-state index is 12.4. The summed E-state index contributed by atoms with van der Waals surface area (Å²) >= 11 is 4.81. The van der Waals surface area contributed by atoms with Crippen molar-refractivity contribution in [2.75, 3.05) is 12.4 Å². The van der Waals surface area contributed by atoms with Crippen molar-refractivity contribution in [2.24, 2.45) is 0 Å². The van der Waals surface area contributed by atoms with Crippen LogP contribution in [0.4, 0.5) is 10.8 Å². The highest BCUT2D eigenvalue weighted by atomic mass is 79.9. The number of rotatable bonds is 4. The van der Waals surface area contributed by atoms with Crippen LogP contribution in [-0.2, 0) is 0 Å². The quantitative estimate of drug-likeness (QED) is 0.438. The third-order valence-corrected chi connectivity index (χ3v) is 5.22. The van der Waals surface area contributed by atoms with Crippen LogP contribution in [0.3, 0.4) is 0 Å². The third kappa shape index (κ3) is 3.11. The molecule has 0 aliphatic rings. The largest absolute Gasteiger partial charge is 0.495 e. The molecule has 4 rings (SSSR count). The molecule has 0 fully saturated rings. The Morgan fingerprint density at radius 3 is 2.88 bits per heavy atom. The van der Waals surface area contributed by atoms with Gasteiger partial charge >= 0.3 is 5.63 Å². The van der Waals surface area contributed by atoms with Gasteiger partial charge in [-0.25, -0.2) is 9.78 Å². The monoisotopic (exact) mass is 428 g/mol. The topological polar surface area (TPSA) is 64.4 Å². The fraction of sp³-hybridized carbons (Fsp3) is 0.0526. The summed E-state index contributed by atoms with van der Waals surface area (Å²) in [5.41, 5.74) is 1.93. The first kappa shape index (κ1) is 16.8. The normalized spacial score (nSPS) is 10.8. The molecular weight excluding hydrogens is 416 g/mol. The summed E-state index contributed by atoms with van der Waals surface area (Å²) in [7, 11) is 1.62. The van der Waals surface area contributed by atoms with E-state index in [1.807, 2.05) is 47.8 Å². The average Bonchev–Trinajstić information content (AvgIpc) is 3.11.